The topological polar surface area (TPSA) is 49.3 Å². The maximum atomic E-state index is 13.9. The Labute approximate surface area is 132 Å². The van der Waals surface area contributed by atoms with Crippen LogP contribution in [0.15, 0.2) is 24.4 Å². The largest absolute Gasteiger partial charge is 0.372 e. The Balaban J connectivity index is 2.14. The molecule has 5 nitrogen and oxygen atoms in total. The van der Waals surface area contributed by atoms with Crippen LogP contribution in [0.1, 0.15) is 10.4 Å². The first-order chi connectivity index (χ1) is 10.5. The number of fused-ring (bicyclic) bond motifs is 1. The van der Waals surface area contributed by atoms with Gasteiger partial charge in [0.25, 0.3) is 5.91 Å². The Bertz CT molecular complexity index is 752. The van der Waals surface area contributed by atoms with E-state index in [4.69, 9.17) is 11.6 Å². The summed E-state index contributed by atoms with van der Waals surface area (Å²) in [7, 11) is 3.67. The number of rotatable bonds is 1. The lowest BCUT2D eigenvalue weighted by molar-refractivity contribution is 0.0805. The van der Waals surface area contributed by atoms with E-state index in [1.165, 1.54) is 0 Å². The third-order valence-electron chi connectivity index (χ3n) is 3.75. The summed E-state index contributed by atoms with van der Waals surface area (Å²) in [4.78, 5) is 23.5. The van der Waals surface area contributed by atoms with Crippen molar-refractivity contribution >= 4 is 23.2 Å². The van der Waals surface area contributed by atoms with Crippen molar-refractivity contribution in [3.63, 3.8) is 0 Å². The van der Waals surface area contributed by atoms with E-state index in [1.807, 2.05) is 11.9 Å². The molecule has 0 aliphatic carbocycles. The van der Waals surface area contributed by atoms with Gasteiger partial charge in [0, 0.05) is 38.4 Å². The number of hydrogen-bond donors (Lipinski definition) is 0. The minimum Gasteiger partial charge on any atom is -0.372 e. The Morgan fingerprint density at radius 2 is 1.95 bits per heavy atom. The summed E-state index contributed by atoms with van der Waals surface area (Å²) in [5.74, 6) is -0.601. The highest BCUT2D eigenvalue weighted by molar-refractivity contribution is 6.28. The Morgan fingerprint density at radius 3 is 2.73 bits per heavy atom. The summed E-state index contributed by atoms with van der Waals surface area (Å²) in [5, 5.41) is -0.0180. The molecule has 0 saturated carbocycles. The van der Waals surface area contributed by atoms with Gasteiger partial charge in [-0.05, 0) is 23.7 Å². The quantitative estimate of drug-likeness (QED) is 0.757. The van der Waals surface area contributed by atoms with Crippen molar-refractivity contribution in [2.45, 2.75) is 0 Å². The van der Waals surface area contributed by atoms with E-state index in [-0.39, 0.29) is 16.9 Å². The minimum absolute atomic E-state index is 0.0180. The average molecular weight is 321 g/mol. The minimum atomic E-state index is -0.552. The third kappa shape index (κ3) is 2.50. The van der Waals surface area contributed by atoms with Crippen LogP contribution in [0.5, 0.6) is 0 Å². The normalized spacial score (nSPS) is 14.8. The number of anilines is 1. The SMILES string of the molecule is CN1CCN(C)c2cc(-c3nc(Cl)ncc3F)ccc2C1=O. The molecule has 1 amide bonds. The molecular formula is C15H14ClFN4O. The van der Waals surface area contributed by atoms with Crippen LogP contribution in [0.25, 0.3) is 11.3 Å². The van der Waals surface area contributed by atoms with Crippen molar-refractivity contribution in [1.82, 2.24) is 14.9 Å². The van der Waals surface area contributed by atoms with Crippen molar-refractivity contribution in [1.29, 1.82) is 0 Å². The molecule has 0 fully saturated rings. The van der Waals surface area contributed by atoms with Gasteiger partial charge in [0.05, 0.1) is 11.8 Å². The summed E-state index contributed by atoms with van der Waals surface area (Å²) in [6.07, 6.45) is 1.04. The Kier molecular flexibility index (Phi) is 3.70. The lowest BCUT2D eigenvalue weighted by Crippen LogP contribution is -2.29. The predicted octanol–water partition coefficient (Wildman–Crippen LogP) is 2.46. The first-order valence-electron chi connectivity index (χ1n) is 6.76. The van der Waals surface area contributed by atoms with Gasteiger partial charge < -0.3 is 9.80 Å². The molecule has 0 atom stereocenters. The van der Waals surface area contributed by atoms with Crippen LogP contribution < -0.4 is 4.90 Å². The number of carbonyl (C=O) groups excluding carboxylic acids is 1. The maximum Gasteiger partial charge on any atom is 0.255 e. The van der Waals surface area contributed by atoms with Crippen LogP contribution in [0.3, 0.4) is 0 Å². The first kappa shape index (κ1) is 14.7. The first-order valence-corrected chi connectivity index (χ1v) is 7.14. The van der Waals surface area contributed by atoms with Gasteiger partial charge in [0.2, 0.25) is 5.28 Å². The van der Waals surface area contributed by atoms with Crippen molar-refractivity contribution in [2.75, 3.05) is 32.1 Å². The second kappa shape index (κ2) is 5.53. The van der Waals surface area contributed by atoms with Gasteiger partial charge in [0.15, 0.2) is 5.82 Å². The van der Waals surface area contributed by atoms with Crippen LogP contribution in [0, 0.1) is 5.82 Å². The molecule has 2 heterocycles. The second-order valence-electron chi connectivity index (χ2n) is 5.22. The zero-order chi connectivity index (χ0) is 15.9. The molecule has 22 heavy (non-hydrogen) atoms. The van der Waals surface area contributed by atoms with E-state index in [0.717, 1.165) is 11.9 Å². The molecule has 0 bridgehead atoms. The molecule has 2 aromatic rings. The number of nitrogens with zero attached hydrogens (tertiary/aromatic N) is 4. The summed E-state index contributed by atoms with van der Waals surface area (Å²) in [5.41, 5.74) is 2.03. The molecule has 0 N–H and O–H groups in total. The summed E-state index contributed by atoms with van der Waals surface area (Å²) < 4.78 is 13.9. The Morgan fingerprint density at radius 1 is 1.23 bits per heavy atom. The summed E-state index contributed by atoms with van der Waals surface area (Å²) in [6, 6.07) is 5.13. The molecular weight excluding hydrogens is 307 g/mol. The van der Waals surface area contributed by atoms with Gasteiger partial charge in [-0.1, -0.05) is 6.07 Å². The summed E-state index contributed by atoms with van der Waals surface area (Å²) >= 11 is 5.75. The van der Waals surface area contributed by atoms with Crippen LogP contribution in [0.4, 0.5) is 10.1 Å². The zero-order valence-electron chi connectivity index (χ0n) is 12.2. The smallest absolute Gasteiger partial charge is 0.255 e. The lowest BCUT2D eigenvalue weighted by atomic mass is 10.0. The Hall–Kier alpha value is -2.21. The number of carbonyl (C=O) groups is 1. The average Bonchev–Trinajstić information content (AvgIpc) is 2.62. The molecule has 1 aliphatic heterocycles. The van der Waals surface area contributed by atoms with Gasteiger partial charge in [-0.2, -0.15) is 0 Å². The fraction of sp³-hybridized carbons (Fsp3) is 0.267. The predicted molar refractivity (Wildman–Crippen MR) is 82.7 cm³/mol. The van der Waals surface area contributed by atoms with Crippen LogP contribution >= 0.6 is 11.6 Å². The highest BCUT2D eigenvalue weighted by Crippen LogP contribution is 2.30. The van der Waals surface area contributed by atoms with Gasteiger partial charge in [-0.3, -0.25) is 4.79 Å². The molecule has 3 rings (SSSR count). The number of halogens is 2. The number of likely N-dealkylation sites (N-methyl/N-ethyl adjacent to an activating group) is 2. The van der Waals surface area contributed by atoms with Crippen LogP contribution in [-0.4, -0.2) is 48.0 Å². The lowest BCUT2D eigenvalue weighted by Gasteiger charge is -2.19. The zero-order valence-corrected chi connectivity index (χ0v) is 12.9. The maximum absolute atomic E-state index is 13.9. The molecule has 114 valence electrons. The van der Waals surface area contributed by atoms with E-state index >= 15 is 0 Å². The number of amides is 1. The summed E-state index contributed by atoms with van der Waals surface area (Å²) in [6.45, 7) is 1.33. The highest BCUT2D eigenvalue weighted by atomic mass is 35.5. The van der Waals surface area contributed by atoms with Crippen molar-refractivity contribution in [3.8, 4) is 11.3 Å². The molecule has 1 aromatic carbocycles. The molecule has 1 aromatic heterocycles. The van der Waals surface area contributed by atoms with E-state index in [9.17, 15) is 9.18 Å². The van der Waals surface area contributed by atoms with Crippen molar-refractivity contribution in [3.05, 3.63) is 41.1 Å². The number of aromatic nitrogens is 2. The van der Waals surface area contributed by atoms with Gasteiger partial charge >= 0.3 is 0 Å². The second-order valence-corrected chi connectivity index (χ2v) is 5.55. The monoisotopic (exact) mass is 320 g/mol. The van der Waals surface area contributed by atoms with E-state index in [2.05, 4.69) is 9.97 Å². The highest BCUT2D eigenvalue weighted by Gasteiger charge is 2.23. The standard InChI is InChI=1S/C15H14ClFN4O/c1-20-5-6-21(2)14(22)10-4-3-9(7-12(10)20)13-11(17)8-18-15(16)19-13/h3-4,7-8H,5-6H2,1-2H3. The fourth-order valence-corrected chi connectivity index (χ4v) is 2.58. The molecule has 0 radical (unpaired) electrons. The molecule has 0 saturated heterocycles. The van der Waals surface area contributed by atoms with Gasteiger partial charge in [-0.15, -0.1) is 0 Å². The van der Waals surface area contributed by atoms with Gasteiger partial charge in [0.1, 0.15) is 5.69 Å². The molecule has 7 heteroatoms. The number of benzene rings is 1. The van der Waals surface area contributed by atoms with Crippen molar-refractivity contribution < 1.29 is 9.18 Å². The third-order valence-corrected chi connectivity index (χ3v) is 3.93. The number of hydrogen-bond acceptors (Lipinski definition) is 4. The van der Waals surface area contributed by atoms with Crippen LogP contribution in [-0.2, 0) is 0 Å². The molecule has 1 aliphatic rings. The van der Waals surface area contributed by atoms with E-state index < -0.39 is 5.82 Å². The van der Waals surface area contributed by atoms with Crippen molar-refractivity contribution in [2.24, 2.45) is 0 Å². The van der Waals surface area contributed by atoms with Crippen LogP contribution in [0.2, 0.25) is 5.28 Å². The molecule has 0 spiro atoms. The fourth-order valence-electron chi connectivity index (χ4n) is 2.45. The van der Waals surface area contributed by atoms with E-state index in [1.54, 1.807) is 30.1 Å². The molecule has 0 unspecified atom stereocenters. The van der Waals surface area contributed by atoms with E-state index in [0.29, 0.717) is 24.2 Å². The van der Waals surface area contributed by atoms with Gasteiger partial charge in [-0.25, -0.2) is 14.4 Å².